The van der Waals surface area contributed by atoms with E-state index < -0.39 is 16.0 Å². The molecule has 1 N–H and O–H groups in total. The molecule has 0 aliphatic heterocycles. The average molecular weight is 321 g/mol. The minimum Gasteiger partial charge on any atom is -0.480 e. The Labute approximate surface area is 123 Å². The number of rotatable bonds is 7. The fourth-order valence-corrected chi connectivity index (χ4v) is 3.94. The standard InChI is InChI=1S/C11H19N3O4S2/c1-8-11(9(2)14(12-8)7-10(15)16)20(17,18)13(3)5-6-19-4/h5-7H2,1-4H3,(H,15,16). The van der Waals surface area contributed by atoms with Crippen LogP contribution < -0.4 is 0 Å². The Morgan fingerprint density at radius 3 is 2.55 bits per heavy atom. The number of nitrogens with zero attached hydrogens (tertiary/aromatic N) is 3. The van der Waals surface area contributed by atoms with Gasteiger partial charge in [0.15, 0.2) is 0 Å². The molecule has 0 atom stereocenters. The van der Waals surface area contributed by atoms with E-state index in [1.807, 2.05) is 6.26 Å². The summed E-state index contributed by atoms with van der Waals surface area (Å²) >= 11 is 1.56. The maximum atomic E-state index is 12.5. The number of hydrogen-bond donors (Lipinski definition) is 1. The van der Waals surface area contributed by atoms with Gasteiger partial charge in [0.2, 0.25) is 10.0 Å². The van der Waals surface area contributed by atoms with E-state index in [9.17, 15) is 13.2 Å². The van der Waals surface area contributed by atoms with Gasteiger partial charge in [-0.1, -0.05) is 0 Å². The summed E-state index contributed by atoms with van der Waals surface area (Å²) in [6.07, 6.45) is 1.90. The highest BCUT2D eigenvalue weighted by molar-refractivity contribution is 7.98. The highest BCUT2D eigenvalue weighted by Crippen LogP contribution is 2.22. The third-order valence-electron chi connectivity index (χ3n) is 2.88. The van der Waals surface area contributed by atoms with Crippen molar-refractivity contribution in [2.75, 3.05) is 25.6 Å². The topological polar surface area (TPSA) is 92.5 Å². The molecule has 0 amide bonds. The summed E-state index contributed by atoms with van der Waals surface area (Å²) < 4.78 is 27.5. The van der Waals surface area contributed by atoms with Crippen LogP contribution in [0, 0.1) is 13.8 Å². The zero-order chi connectivity index (χ0) is 15.5. The van der Waals surface area contributed by atoms with Gasteiger partial charge in [-0.15, -0.1) is 0 Å². The second-order valence-electron chi connectivity index (χ2n) is 4.37. The van der Waals surface area contributed by atoms with Crippen molar-refractivity contribution in [2.24, 2.45) is 0 Å². The second kappa shape index (κ2) is 6.59. The summed E-state index contributed by atoms with van der Waals surface area (Å²) in [5, 5.41) is 12.8. The van der Waals surface area contributed by atoms with E-state index in [1.54, 1.807) is 25.6 Å². The first kappa shape index (κ1) is 17.0. The maximum Gasteiger partial charge on any atom is 0.325 e. The number of thioether (sulfide) groups is 1. The fourth-order valence-electron chi connectivity index (χ4n) is 1.83. The van der Waals surface area contributed by atoms with Crippen molar-refractivity contribution in [3.63, 3.8) is 0 Å². The molecule has 20 heavy (non-hydrogen) atoms. The lowest BCUT2D eigenvalue weighted by atomic mass is 10.4. The normalized spacial score (nSPS) is 12.1. The van der Waals surface area contributed by atoms with Crippen molar-refractivity contribution >= 4 is 27.8 Å². The lowest BCUT2D eigenvalue weighted by molar-refractivity contribution is -0.137. The monoisotopic (exact) mass is 321 g/mol. The van der Waals surface area contributed by atoms with Crippen LogP contribution in [-0.2, 0) is 21.4 Å². The van der Waals surface area contributed by atoms with Gasteiger partial charge in [0.25, 0.3) is 0 Å². The van der Waals surface area contributed by atoms with Crippen molar-refractivity contribution in [1.82, 2.24) is 14.1 Å². The van der Waals surface area contributed by atoms with Crippen LogP contribution in [0.1, 0.15) is 11.4 Å². The molecule has 0 aliphatic carbocycles. The molecule has 114 valence electrons. The van der Waals surface area contributed by atoms with Crippen LogP contribution in [-0.4, -0.2) is 59.2 Å². The highest BCUT2D eigenvalue weighted by Gasteiger charge is 2.28. The van der Waals surface area contributed by atoms with Crippen LogP contribution in [0.5, 0.6) is 0 Å². The average Bonchev–Trinajstić information content (AvgIpc) is 2.60. The number of aromatic nitrogens is 2. The molecule has 0 spiro atoms. The summed E-state index contributed by atoms with van der Waals surface area (Å²) in [6, 6.07) is 0. The van der Waals surface area contributed by atoms with Gasteiger partial charge in [-0.3, -0.25) is 9.48 Å². The van der Waals surface area contributed by atoms with E-state index in [2.05, 4.69) is 5.10 Å². The van der Waals surface area contributed by atoms with Crippen LogP contribution in [0.2, 0.25) is 0 Å². The van der Waals surface area contributed by atoms with Crippen molar-refractivity contribution in [3.05, 3.63) is 11.4 Å². The quantitative estimate of drug-likeness (QED) is 0.789. The predicted molar refractivity (Wildman–Crippen MR) is 77.5 cm³/mol. The van der Waals surface area contributed by atoms with E-state index in [4.69, 9.17) is 5.11 Å². The van der Waals surface area contributed by atoms with Crippen LogP contribution >= 0.6 is 11.8 Å². The summed E-state index contributed by atoms with van der Waals surface area (Å²) in [7, 11) is -2.13. The molecule has 1 aromatic heterocycles. The molecule has 9 heteroatoms. The molecular formula is C11H19N3O4S2. The SMILES string of the molecule is CSCCN(C)S(=O)(=O)c1c(C)nn(CC(=O)O)c1C. The molecule has 1 aromatic rings. The third kappa shape index (κ3) is 3.53. The molecule has 0 fully saturated rings. The molecule has 0 radical (unpaired) electrons. The van der Waals surface area contributed by atoms with E-state index in [0.29, 0.717) is 23.7 Å². The lowest BCUT2D eigenvalue weighted by Gasteiger charge is -2.16. The molecule has 0 aliphatic rings. The summed E-state index contributed by atoms with van der Waals surface area (Å²) in [6.45, 7) is 3.18. The molecule has 1 heterocycles. The Hall–Kier alpha value is -1.06. The zero-order valence-corrected chi connectivity index (χ0v) is 13.6. The van der Waals surface area contributed by atoms with Gasteiger partial charge >= 0.3 is 5.97 Å². The van der Waals surface area contributed by atoms with Crippen molar-refractivity contribution in [3.8, 4) is 0 Å². The molecule has 0 unspecified atom stereocenters. The largest absolute Gasteiger partial charge is 0.480 e. The number of aryl methyl sites for hydroxylation is 1. The van der Waals surface area contributed by atoms with Gasteiger partial charge in [0, 0.05) is 19.3 Å². The molecule has 0 saturated heterocycles. The first-order valence-corrected chi connectivity index (χ1v) is 8.76. The number of sulfonamides is 1. The van der Waals surface area contributed by atoms with E-state index in [1.165, 1.54) is 16.0 Å². The first-order chi connectivity index (χ1) is 9.21. The minimum absolute atomic E-state index is 0.0994. The van der Waals surface area contributed by atoms with Crippen LogP contribution in [0.25, 0.3) is 0 Å². The second-order valence-corrected chi connectivity index (χ2v) is 7.34. The summed E-state index contributed by atoms with van der Waals surface area (Å²) in [4.78, 5) is 10.8. The number of carbonyl (C=O) groups is 1. The van der Waals surface area contributed by atoms with Crippen molar-refractivity contribution in [1.29, 1.82) is 0 Å². The van der Waals surface area contributed by atoms with Crippen molar-refractivity contribution in [2.45, 2.75) is 25.3 Å². The lowest BCUT2D eigenvalue weighted by Crippen LogP contribution is -2.30. The predicted octanol–water partition coefficient (Wildman–Crippen LogP) is 0.568. The minimum atomic E-state index is -3.64. The van der Waals surface area contributed by atoms with Crippen LogP contribution in [0.4, 0.5) is 0 Å². The van der Waals surface area contributed by atoms with Gasteiger partial charge in [-0.05, 0) is 20.1 Å². The Morgan fingerprint density at radius 2 is 2.05 bits per heavy atom. The number of carboxylic acids is 1. The Balaban J connectivity index is 3.18. The molecule has 0 bridgehead atoms. The molecule has 0 saturated carbocycles. The maximum absolute atomic E-state index is 12.5. The zero-order valence-electron chi connectivity index (χ0n) is 12.0. The summed E-state index contributed by atoms with van der Waals surface area (Å²) in [5.41, 5.74) is 0.667. The van der Waals surface area contributed by atoms with Crippen LogP contribution in [0.3, 0.4) is 0 Å². The van der Waals surface area contributed by atoms with E-state index in [-0.39, 0.29) is 11.4 Å². The van der Waals surface area contributed by atoms with Gasteiger partial charge in [-0.2, -0.15) is 21.2 Å². The molecule has 7 nitrogen and oxygen atoms in total. The van der Waals surface area contributed by atoms with E-state index >= 15 is 0 Å². The molecule has 1 rings (SSSR count). The van der Waals surface area contributed by atoms with E-state index in [0.717, 1.165) is 0 Å². The van der Waals surface area contributed by atoms with Gasteiger partial charge in [0.05, 0.1) is 11.4 Å². The van der Waals surface area contributed by atoms with Gasteiger partial charge < -0.3 is 5.11 Å². The van der Waals surface area contributed by atoms with Gasteiger partial charge in [-0.25, -0.2) is 8.42 Å². The Kier molecular flexibility index (Phi) is 5.60. The summed E-state index contributed by atoms with van der Waals surface area (Å²) in [5.74, 6) is -0.368. The Bertz CT molecular complexity index is 595. The number of aliphatic carboxylic acids is 1. The molecule has 0 aromatic carbocycles. The first-order valence-electron chi connectivity index (χ1n) is 5.93. The Morgan fingerprint density at radius 1 is 1.45 bits per heavy atom. The highest BCUT2D eigenvalue weighted by atomic mass is 32.2. The smallest absolute Gasteiger partial charge is 0.325 e. The van der Waals surface area contributed by atoms with Crippen molar-refractivity contribution < 1.29 is 18.3 Å². The number of hydrogen-bond acceptors (Lipinski definition) is 5. The molecular weight excluding hydrogens is 302 g/mol. The fraction of sp³-hybridized carbons (Fsp3) is 0.636. The van der Waals surface area contributed by atoms with Gasteiger partial charge in [0.1, 0.15) is 11.4 Å². The third-order valence-corrected chi connectivity index (χ3v) is 5.58. The number of carboxylic acid groups (broad SMARTS) is 1. The van der Waals surface area contributed by atoms with Crippen LogP contribution in [0.15, 0.2) is 4.90 Å².